The first-order chi connectivity index (χ1) is 8.04. The van der Waals surface area contributed by atoms with Gasteiger partial charge in [-0.3, -0.25) is 4.79 Å². The molecular formula is C12H20N2O2S. The van der Waals surface area contributed by atoms with Gasteiger partial charge in [-0.05, 0) is 19.6 Å². The van der Waals surface area contributed by atoms with Crippen LogP contribution < -0.4 is 0 Å². The lowest BCUT2D eigenvalue weighted by Gasteiger charge is -2.24. The Kier molecular flexibility index (Phi) is 5.55. The first kappa shape index (κ1) is 14.1. The third kappa shape index (κ3) is 4.42. The summed E-state index contributed by atoms with van der Waals surface area (Å²) in [5.74, 6) is 2.87. The van der Waals surface area contributed by atoms with Crippen LogP contribution in [0.15, 0.2) is 10.6 Å². The van der Waals surface area contributed by atoms with E-state index in [-0.39, 0.29) is 11.9 Å². The molecule has 0 radical (unpaired) electrons. The van der Waals surface area contributed by atoms with Crippen LogP contribution in [0.4, 0.5) is 0 Å². The van der Waals surface area contributed by atoms with Crippen LogP contribution in [-0.4, -0.2) is 40.6 Å². The zero-order valence-electron chi connectivity index (χ0n) is 10.9. The van der Waals surface area contributed by atoms with E-state index in [9.17, 15) is 4.79 Å². The largest absolute Gasteiger partial charge is 0.361 e. The minimum absolute atomic E-state index is 0.0857. The van der Waals surface area contributed by atoms with Crippen molar-refractivity contribution in [2.45, 2.75) is 33.2 Å². The third-order valence-corrected chi connectivity index (χ3v) is 3.75. The van der Waals surface area contributed by atoms with Crippen molar-refractivity contribution in [2.24, 2.45) is 0 Å². The van der Waals surface area contributed by atoms with Crippen LogP contribution in [0.1, 0.15) is 25.3 Å². The van der Waals surface area contributed by atoms with Gasteiger partial charge in [-0.25, -0.2) is 0 Å². The molecule has 0 spiro atoms. The number of likely N-dealkylation sites (N-methyl/N-ethyl adjacent to an activating group) is 1. The predicted molar refractivity (Wildman–Crippen MR) is 70.2 cm³/mol. The van der Waals surface area contributed by atoms with Gasteiger partial charge < -0.3 is 9.42 Å². The molecule has 1 amide bonds. The lowest BCUT2D eigenvalue weighted by Crippen LogP contribution is -2.37. The maximum atomic E-state index is 12.0. The molecule has 0 fully saturated rings. The van der Waals surface area contributed by atoms with Crippen LogP contribution in [0.25, 0.3) is 0 Å². The molecule has 0 aliphatic rings. The Morgan fingerprint density at radius 2 is 2.35 bits per heavy atom. The maximum Gasteiger partial charge on any atom is 0.228 e. The summed E-state index contributed by atoms with van der Waals surface area (Å²) in [6, 6.07) is 2.05. The first-order valence-electron chi connectivity index (χ1n) is 5.80. The lowest BCUT2D eigenvalue weighted by molar-refractivity contribution is -0.130. The van der Waals surface area contributed by atoms with Crippen molar-refractivity contribution < 1.29 is 9.32 Å². The van der Waals surface area contributed by atoms with Crippen LogP contribution in [-0.2, 0) is 11.2 Å². The number of hydrogen-bond donors (Lipinski definition) is 0. The van der Waals surface area contributed by atoms with E-state index in [1.165, 1.54) is 0 Å². The Morgan fingerprint density at radius 1 is 1.65 bits per heavy atom. The van der Waals surface area contributed by atoms with E-state index in [4.69, 9.17) is 4.52 Å². The molecule has 0 aromatic carbocycles. The zero-order valence-corrected chi connectivity index (χ0v) is 11.7. The Hall–Kier alpha value is -0.970. The molecule has 0 aliphatic heterocycles. The van der Waals surface area contributed by atoms with Gasteiger partial charge in [-0.15, -0.1) is 0 Å². The van der Waals surface area contributed by atoms with E-state index < -0.39 is 0 Å². The van der Waals surface area contributed by atoms with Crippen LogP contribution in [0.3, 0.4) is 0 Å². The molecule has 17 heavy (non-hydrogen) atoms. The average Bonchev–Trinajstić information content (AvgIpc) is 2.70. The molecule has 1 aromatic rings. The van der Waals surface area contributed by atoms with Gasteiger partial charge in [0.25, 0.3) is 0 Å². The average molecular weight is 256 g/mol. The second kappa shape index (κ2) is 6.69. The van der Waals surface area contributed by atoms with E-state index in [0.717, 1.165) is 17.3 Å². The number of rotatable bonds is 6. The smallest absolute Gasteiger partial charge is 0.228 e. The molecule has 0 unspecified atom stereocenters. The third-order valence-electron chi connectivity index (χ3n) is 2.63. The fourth-order valence-electron chi connectivity index (χ4n) is 1.43. The second-order valence-electron chi connectivity index (χ2n) is 4.12. The minimum atomic E-state index is 0.0857. The molecule has 0 aliphatic carbocycles. The van der Waals surface area contributed by atoms with Gasteiger partial charge >= 0.3 is 0 Å². The van der Waals surface area contributed by atoms with Crippen molar-refractivity contribution in [2.75, 3.05) is 18.6 Å². The molecule has 0 N–H and O–H groups in total. The highest BCUT2D eigenvalue weighted by molar-refractivity contribution is 7.99. The molecule has 5 heteroatoms. The van der Waals surface area contributed by atoms with Gasteiger partial charge in [0.15, 0.2) is 0 Å². The van der Waals surface area contributed by atoms with E-state index in [0.29, 0.717) is 12.1 Å². The molecular weight excluding hydrogens is 236 g/mol. The maximum absolute atomic E-state index is 12.0. The van der Waals surface area contributed by atoms with Crippen molar-refractivity contribution >= 4 is 17.7 Å². The van der Waals surface area contributed by atoms with E-state index in [2.05, 4.69) is 19.0 Å². The Morgan fingerprint density at radius 3 is 2.88 bits per heavy atom. The summed E-state index contributed by atoms with van der Waals surface area (Å²) in [4.78, 5) is 13.7. The molecule has 1 aromatic heterocycles. The molecule has 0 saturated heterocycles. The number of amides is 1. The van der Waals surface area contributed by atoms with Crippen molar-refractivity contribution in [1.29, 1.82) is 0 Å². The summed E-state index contributed by atoms with van der Waals surface area (Å²) in [5, 5.41) is 3.83. The summed E-state index contributed by atoms with van der Waals surface area (Å²) >= 11 is 1.84. The second-order valence-corrected chi connectivity index (χ2v) is 5.44. The molecule has 0 saturated carbocycles. The Bertz CT molecular complexity index is 365. The Balaban J connectivity index is 2.46. The standard InChI is InChI=1S/C12H20N2O2S/c1-5-17-8-9(2)14(4)12(15)7-11-6-10(3)16-13-11/h6,9H,5,7-8H2,1-4H3/t9-/m1/s1. The number of aromatic nitrogens is 1. The number of carbonyl (C=O) groups excluding carboxylic acids is 1. The van der Waals surface area contributed by atoms with Gasteiger partial charge in [0.1, 0.15) is 5.76 Å². The number of aryl methyl sites for hydroxylation is 1. The SMILES string of the molecule is CCSC[C@@H](C)N(C)C(=O)Cc1cc(C)on1. The predicted octanol–water partition coefficient (Wildman–Crippen LogP) is 2.13. The number of nitrogens with zero attached hydrogens (tertiary/aromatic N) is 2. The number of carbonyl (C=O) groups is 1. The molecule has 1 atom stereocenters. The monoisotopic (exact) mass is 256 g/mol. The van der Waals surface area contributed by atoms with Gasteiger partial charge in [-0.2, -0.15) is 11.8 Å². The minimum Gasteiger partial charge on any atom is -0.361 e. The van der Waals surface area contributed by atoms with Gasteiger partial charge in [-0.1, -0.05) is 12.1 Å². The van der Waals surface area contributed by atoms with Gasteiger partial charge in [0.05, 0.1) is 12.1 Å². The highest BCUT2D eigenvalue weighted by atomic mass is 32.2. The fraction of sp³-hybridized carbons (Fsp3) is 0.667. The quantitative estimate of drug-likeness (QED) is 0.782. The van der Waals surface area contributed by atoms with Gasteiger partial charge in [0.2, 0.25) is 5.91 Å². The van der Waals surface area contributed by atoms with Crippen molar-refractivity contribution in [3.63, 3.8) is 0 Å². The lowest BCUT2D eigenvalue weighted by atomic mass is 10.2. The van der Waals surface area contributed by atoms with Crippen LogP contribution in [0.5, 0.6) is 0 Å². The topological polar surface area (TPSA) is 46.3 Å². The highest BCUT2D eigenvalue weighted by Crippen LogP contribution is 2.09. The van der Waals surface area contributed by atoms with Crippen molar-refractivity contribution in [1.82, 2.24) is 10.1 Å². The van der Waals surface area contributed by atoms with E-state index in [1.54, 1.807) is 11.0 Å². The zero-order chi connectivity index (χ0) is 12.8. The Labute approximate surface area is 107 Å². The van der Waals surface area contributed by atoms with Gasteiger partial charge in [0, 0.05) is 24.9 Å². The summed E-state index contributed by atoms with van der Waals surface area (Å²) in [6.45, 7) is 6.01. The summed E-state index contributed by atoms with van der Waals surface area (Å²) < 4.78 is 4.95. The molecule has 1 rings (SSSR count). The van der Waals surface area contributed by atoms with Crippen LogP contribution in [0, 0.1) is 6.92 Å². The molecule has 1 heterocycles. The van der Waals surface area contributed by atoms with E-state index >= 15 is 0 Å². The molecule has 4 nitrogen and oxygen atoms in total. The summed E-state index contributed by atoms with van der Waals surface area (Å²) in [5.41, 5.74) is 0.703. The van der Waals surface area contributed by atoms with E-state index in [1.807, 2.05) is 25.7 Å². The molecule has 96 valence electrons. The highest BCUT2D eigenvalue weighted by Gasteiger charge is 2.17. The molecule has 0 bridgehead atoms. The first-order valence-corrected chi connectivity index (χ1v) is 6.95. The number of hydrogen-bond acceptors (Lipinski definition) is 4. The van der Waals surface area contributed by atoms with Crippen LogP contribution >= 0.6 is 11.8 Å². The summed E-state index contributed by atoms with van der Waals surface area (Å²) in [7, 11) is 1.84. The van der Waals surface area contributed by atoms with Crippen molar-refractivity contribution in [3.05, 3.63) is 17.5 Å². The normalized spacial score (nSPS) is 12.5. The summed E-state index contributed by atoms with van der Waals surface area (Å²) in [6.07, 6.45) is 0.314. The van der Waals surface area contributed by atoms with Crippen molar-refractivity contribution in [3.8, 4) is 0 Å². The fourth-order valence-corrected chi connectivity index (χ4v) is 2.23. The van der Waals surface area contributed by atoms with Crippen LogP contribution in [0.2, 0.25) is 0 Å². The number of thioether (sulfide) groups is 1.